The van der Waals surface area contributed by atoms with Crippen molar-refractivity contribution in [3.05, 3.63) is 41.5 Å². The number of carbonyl (C=O) groups is 2. The van der Waals surface area contributed by atoms with Gasteiger partial charge in [-0.3, -0.25) is 9.59 Å². The molecule has 1 aliphatic heterocycles. The van der Waals surface area contributed by atoms with E-state index in [1.165, 1.54) is 6.92 Å². The lowest BCUT2D eigenvalue weighted by molar-refractivity contribution is -0.131. The number of likely N-dealkylation sites (N-methyl/N-ethyl adjacent to an activating group) is 1. The molecule has 3 rings (SSSR count). The fraction of sp³-hybridized carbons (Fsp3) is 0.250. The fourth-order valence-electron chi connectivity index (χ4n) is 2.69. The maximum atomic E-state index is 12.3. The van der Waals surface area contributed by atoms with Crippen LogP contribution in [0.15, 0.2) is 30.3 Å². The van der Waals surface area contributed by atoms with Gasteiger partial charge in [-0.1, -0.05) is 24.3 Å². The molecule has 1 amide bonds. The van der Waals surface area contributed by atoms with E-state index >= 15 is 0 Å². The minimum Gasteiger partial charge on any atom is -0.426 e. The summed E-state index contributed by atoms with van der Waals surface area (Å²) in [7, 11) is 1.78. The maximum Gasteiger partial charge on any atom is 0.308 e. The summed E-state index contributed by atoms with van der Waals surface area (Å²) in [6.45, 7) is 2.07. The highest BCUT2D eigenvalue weighted by Gasteiger charge is 2.25. The molecular weight excluding hydrogens is 254 g/mol. The lowest BCUT2D eigenvalue weighted by Crippen LogP contribution is -2.34. The van der Waals surface area contributed by atoms with Crippen LogP contribution in [0.1, 0.15) is 22.8 Å². The highest BCUT2D eigenvalue weighted by Crippen LogP contribution is 2.34. The molecule has 2 aromatic rings. The van der Waals surface area contributed by atoms with Crippen molar-refractivity contribution >= 4 is 22.6 Å². The van der Waals surface area contributed by atoms with Crippen LogP contribution >= 0.6 is 0 Å². The molecule has 0 atom stereocenters. The van der Waals surface area contributed by atoms with Gasteiger partial charge in [-0.15, -0.1) is 0 Å². The second-order valence-electron chi connectivity index (χ2n) is 5.02. The van der Waals surface area contributed by atoms with E-state index in [2.05, 4.69) is 0 Å². The number of nitrogens with zero attached hydrogens (tertiary/aromatic N) is 1. The summed E-state index contributed by atoms with van der Waals surface area (Å²) < 4.78 is 5.27. The normalized spacial score (nSPS) is 14.3. The Morgan fingerprint density at radius 3 is 2.65 bits per heavy atom. The molecule has 0 aromatic heterocycles. The van der Waals surface area contributed by atoms with Crippen LogP contribution in [0, 0.1) is 0 Å². The van der Waals surface area contributed by atoms with Gasteiger partial charge in [0.2, 0.25) is 0 Å². The Bertz CT molecular complexity index is 721. The van der Waals surface area contributed by atoms with E-state index in [-0.39, 0.29) is 11.9 Å². The zero-order valence-corrected chi connectivity index (χ0v) is 11.5. The first-order chi connectivity index (χ1) is 9.58. The molecule has 4 heteroatoms. The van der Waals surface area contributed by atoms with Crippen LogP contribution in [0.5, 0.6) is 5.75 Å². The summed E-state index contributed by atoms with van der Waals surface area (Å²) in [5.41, 5.74) is 1.67. The molecule has 2 aromatic carbocycles. The Morgan fingerprint density at radius 1 is 1.25 bits per heavy atom. The van der Waals surface area contributed by atoms with Crippen molar-refractivity contribution in [3.63, 3.8) is 0 Å². The number of carbonyl (C=O) groups excluding carboxylic acids is 2. The van der Waals surface area contributed by atoms with E-state index in [1.807, 2.05) is 24.3 Å². The third-order valence-electron chi connectivity index (χ3n) is 3.65. The van der Waals surface area contributed by atoms with Gasteiger partial charge in [0.15, 0.2) is 0 Å². The van der Waals surface area contributed by atoms with Crippen LogP contribution in [-0.4, -0.2) is 30.4 Å². The largest absolute Gasteiger partial charge is 0.426 e. The molecule has 0 spiro atoms. The summed E-state index contributed by atoms with van der Waals surface area (Å²) >= 11 is 0. The summed E-state index contributed by atoms with van der Waals surface area (Å²) in [5, 5.41) is 1.86. The first-order valence-electron chi connectivity index (χ1n) is 6.56. The van der Waals surface area contributed by atoms with Crippen LogP contribution in [0.25, 0.3) is 10.8 Å². The minimum atomic E-state index is -0.383. The van der Waals surface area contributed by atoms with Crippen LogP contribution < -0.4 is 4.74 Å². The topological polar surface area (TPSA) is 46.6 Å². The highest BCUT2D eigenvalue weighted by molar-refractivity contribution is 6.05. The van der Waals surface area contributed by atoms with E-state index in [9.17, 15) is 9.59 Å². The number of ether oxygens (including phenoxy) is 1. The molecule has 0 saturated carbocycles. The third kappa shape index (κ3) is 1.93. The lowest BCUT2D eigenvalue weighted by atomic mass is 9.92. The first-order valence-corrected chi connectivity index (χ1v) is 6.56. The number of fused-ring (bicyclic) bond motifs is 3. The summed E-state index contributed by atoms with van der Waals surface area (Å²) in [5.74, 6) is 0.0487. The Hall–Kier alpha value is -2.36. The number of hydrogen-bond acceptors (Lipinski definition) is 3. The first kappa shape index (κ1) is 12.7. The van der Waals surface area contributed by atoms with Gasteiger partial charge in [-0.25, -0.2) is 0 Å². The van der Waals surface area contributed by atoms with E-state index in [0.29, 0.717) is 17.9 Å². The van der Waals surface area contributed by atoms with Gasteiger partial charge in [0, 0.05) is 31.5 Å². The maximum absolute atomic E-state index is 12.3. The lowest BCUT2D eigenvalue weighted by Gasteiger charge is -2.26. The molecular formula is C16H15NO3. The number of amides is 1. The molecule has 0 bridgehead atoms. The standard InChI is InChI=1S/C16H15NO3/c1-10(18)20-15-9-14-12(7-8-17(2)16(14)19)11-5-3-4-6-13(11)15/h3-6,9H,7-8H2,1-2H3. The summed E-state index contributed by atoms with van der Waals surface area (Å²) in [6, 6.07) is 9.41. The molecule has 0 radical (unpaired) electrons. The zero-order chi connectivity index (χ0) is 14.3. The minimum absolute atomic E-state index is 0.0228. The predicted octanol–water partition coefficient (Wildman–Crippen LogP) is 2.39. The van der Waals surface area contributed by atoms with Crippen molar-refractivity contribution in [2.24, 2.45) is 0 Å². The molecule has 20 heavy (non-hydrogen) atoms. The average molecular weight is 269 g/mol. The van der Waals surface area contributed by atoms with Gasteiger partial charge in [0.05, 0.1) is 0 Å². The molecule has 1 aliphatic rings. The highest BCUT2D eigenvalue weighted by atomic mass is 16.5. The second-order valence-corrected chi connectivity index (χ2v) is 5.02. The Balaban J connectivity index is 2.30. The van der Waals surface area contributed by atoms with Crippen LogP contribution in [0.3, 0.4) is 0 Å². The van der Waals surface area contributed by atoms with Crippen molar-refractivity contribution in [1.82, 2.24) is 4.90 Å². The monoisotopic (exact) mass is 269 g/mol. The van der Waals surface area contributed by atoms with Crippen LogP contribution in [-0.2, 0) is 11.2 Å². The van der Waals surface area contributed by atoms with Gasteiger partial charge >= 0.3 is 5.97 Å². The van der Waals surface area contributed by atoms with Crippen molar-refractivity contribution in [2.75, 3.05) is 13.6 Å². The molecule has 0 saturated heterocycles. The predicted molar refractivity (Wildman–Crippen MR) is 75.9 cm³/mol. The van der Waals surface area contributed by atoms with Crippen molar-refractivity contribution in [2.45, 2.75) is 13.3 Å². The molecule has 1 heterocycles. The zero-order valence-electron chi connectivity index (χ0n) is 11.5. The number of benzene rings is 2. The average Bonchev–Trinajstić information content (AvgIpc) is 2.43. The summed E-state index contributed by atoms with van der Waals surface area (Å²) in [6.07, 6.45) is 0.818. The number of esters is 1. The second kappa shape index (κ2) is 4.63. The molecule has 102 valence electrons. The van der Waals surface area contributed by atoms with E-state index < -0.39 is 0 Å². The third-order valence-corrected chi connectivity index (χ3v) is 3.65. The van der Waals surface area contributed by atoms with Crippen molar-refractivity contribution in [1.29, 1.82) is 0 Å². The van der Waals surface area contributed by atoms with E-state index in [0.717, 1.165) is 22.8 Å². The number of rotatable bonds is 1. The van der Waals surface area contributed by atoms with Crippen LogP contribution in [0.4, 0.5) is 0 Å². The Kier molecular flexibility index (Phi) is 2.93. The number of hydrogen-bond donors (Lipinski definition) is 0. The molecule has 0 unspecified atom stereocenters. The smallest absolute Gasteiger partial charge is 0.308 e. The molecule has 0 N–H and O–H groups in total. The molecule has 0 fully saturated rings. The Morgan fingerprint density at radius 2 is 1.95 bits per heavy atom. The van der Waals surface area contributed by atoms with Crippen LogP contribution in [0.2, 0.25) is 0 Å². The van der Waals surface area contributed by atoms with Gasteiger partial charge in [0.25, 0.3) is 5.91 Å². The van der Waals surface area contributed by atoms with E-state index in [1.54, 1.807) is 18.0 Å². The SMILES string of the molecule is CC(=O)Oc1cc2c(c3ccccc13)CCN(C)C2=O. The van der Waals surface area contributed by atoms with Gasteiger partial charge < -0.3 is 9.64 Å². The van der Waals surface area contributed by atoms with Crippen molar-refractivity contribution < 1.29 is 14.3 Å². The molecule has 0 aliphatic carbocycles. The van der Waals surface area contributed by atoms with E-state index in [4.69, 9.17) is 4.74 Å². The summed E-state index contributed by atoms with van der Waals surface area (Å²) in [4.78, 5) is 25.2. The quantitative estimate of drug-likeness (QED) is 0.590. The molecule has 4 nitrogen and oxygen atoms in total. The van der Waals surface area contributed by atoms with Gasteiger partial charge in [-0.2, -0.15) is 0 Å². The van der Waals surface area contributed by atoms with Gasteiger partial charge in [0.1, 0.15) is 5.75 Å². The fourth-order valence-corrected chi connectivity index (χ4v) is 2.69. The van der Waals surface area contributed by atoms with Crippen molar-refractivity contribution in [3.8, 4) is 5.75 Å². The van der Waals surface area contributed by atoms with Gasteiger partial charge in [-0.05, 0) is 23.4 Å². The Labute approximate surface area is 116 Å².